The van der Waals surface area contributed by atoms with Gasteiger partial charge in [0.2, 0.25) is 0 Å². The lowest BCUT2D eigenvalue weighted by Crippen LogP contribution is -2.14. The predicted molar refractivity (Wildman–Crippen MR) is 124 cm³/mol. The molecular weight excluding hydrogens is 416 g/mol. The van der Waals surface area contributed by atoms with Gasteiger partial charge in [-0.1, -0.05) is 49.2 Å². The van der Waals surface area contributed by atoms with Crippen molar-refractivity contribution < 1.29 is 9.90 Å². The van der Waals surface area contributed by atoms with E-state index in [1.165, 1.54) is 0 Å². The minimum absolute atomic E-state index is 0.574. The van der Waals surface area contributed by atoms with Crippen molar-refractivity contribution in [3.8, 4) is 0 Å². The molecule has 4 nitrogen and oxygen atoms in total. The van der Waals surface area contributed by atoms with Crippen LogP contribution in [0.5, 0.6) is 0 Å². The van der Waals surface area contributed by atoms with Gasteiger partial charge < -0.3 is 9.67 Å². The molecule has 2 heterocycles. The maximum absolute atomic E-state index is 11.7. The Morgan fingerprint density at radius 1 is 1.30 bits per heavy atom. The van der Waals surface area contributed by atoms with Crippen molar-refractivity contribution in [2.24, 2.45) is 5.92 Å². The molecule has 0 aliphatic heterocycles. The van der Waals surface area contributed by atoms with Gasteiger partial charge in [0.05, 0.1) is 24.4 Å². The Balaban J connectivity index is 2.02. The Hall–Kier alpha value is -2.37. The number of carboxylic acid groups (broad SMARTS) is 1. The highest BCUT2D eigenvalue weighted by Gasteiger charge is 2.19. The van der Waals surface area contributed by atoms with Crippen LogP contribution in [0.25, 0.3) is 6.08 Å². The molecular formula is C24H27ClN2O2S. The Bertz CT molecular complexity index is 1010. The van der Waals surface area contributed by atoms with E-state index in [4.69, 9.17) is 11.6 Å². The molecule has 2 aromatic heterocycles. The predicted octanol–water partition coefficient (Wildman–Crippen LogP) is 6.34. The van der Waals surface area contributed by atoms with E-state index >= 15 is 0 Å². The molecule has 0 fully saturated rings. The average molecular weight is 443 g/mol. The monoisotopic (exact) mass is 442 g/mol. The Morgan fingerprint density at radius 2 is 2.10 bits per heavy atom. The van der Waals surface area contributed by atoms with Gasteiger partial charge in [-0.05, 0) is 48.1 Å². The summed E-state index contributed by atoms with van der Waals surface area (Å²) in [4.78, 5) is 17.6. The quantitative estimate of drug-likeness (QED) is 0.398. The van der Waals surface area contributed by atoms with Crippen molar-refractivity contribution in [2.75, 3.05) is 0 Å². The number of aliphatic carboxylic acids is 1. The number of imidazole rings is 1. The number of aryl methyl sites for hydroxylation is 1. The highest BCUT2D eigenvalue weighted by Crippen LogP contribution is 2.25. The average Bonchev–Trinajstić information content (AvgIpc) is 3.37. The standard InChI is InChI=1S/C24H27ClN2O2S/c1-3-4-11-23-26-15-20(27(23)16-18-8-5-6-10-22(18)25)13-19(17(2)24(28)29)14-21-9-7-12-30-21/h5-10,12-13,15,17H,3-4,11,14,16H2,1-2H3,(H,28,29). The first-order valence-electron chi connectivity index (χ1n) is 10.2. The fraction of sp³-hybridized carbons (Fsp3) is 0.333. The number of unbranched alkanes of at least 4 members (excludes halogenated alkanes) is 1. The minimum atomic E-state index is -0.818. The number of thiophene rings is 1. The number of rotatable bonds is 10. The van der Waals surface area contributed by atoms with Gasteiger partial charge in [0.15, 0.2) is 0 Å². The second-order valence-electron chi connectivity index (χ2n) is 7.42. The first kappa shape index (κ1) is 22.3. The molecule has 1 atom stereocenters. The number of halogens is 1. The molecule has 30 heavy (non-hydrogen) atoms. The molecule has 1 N–H and O–H groups in total. The molecule has 0 amide bonds. The van der Waals surface area contributed by atoms with Crippen LogP contribution >= 0.6 is 22.9 Å². The number of carbonyl (C=O) groups is 1. The van der Waals surface area contributed by atoms with Gasteiger partial charge in [-0.3, -0.25) is 4.79 Å². The molecule has 6 heteroatoms. The Kier molecular flexibility index (Phi) is 7.88. The largest absolute Gasteiger partial charge is 0.481 e. The number of hydrogen-bond acceptors (Lipinski definition) is 3. The minimum Gasteiger partial charge on any atom is -0.481 e. The topological polar surface area (TPSA) is 55.1 Å². The maximum Gasteiger partial charge on any atom is 0.310 e. The zero-order chi connectivity index (χ0) is 21.5. The van der Waals surface area contributed by atoms with Gasteiger partial charge in [-0.25, -0.2) is 4.98 Å². The van der Waals surface area contributed by atoms with Crippen molar-refractivity contribution in [3.05, 3.63) is 80.5 Å². The number of nitrogens with zero attached hydrogens (tertiary/aromatic N) is 2. The first-order chi connectivity index (χ1) is 14.5. The molecule has 0 bridgehead atoms. The lowest BCUT2D eigenvalue weighted by Gasteiger charge is -2.15. The van der Waals surface area contributed by atoms with Gasteiger partial charge >= 0.3 is 5.97 Å². The van der Waals surface area contributed by atoms with E-state index in [1.54, 1.807) is 18.3 Å². The molecule has 1 aromatic carbocycles. The number of benzene rings is 1. The van der Waals surface area contributed by atoms with E-state index in [9.17, 15) is 9.90 Å². The number of carboxylic acids is 1. The summed E-state index contributed by atoms with van der Waals surface area (Å²) in [5.41, 5.74) is 2.81. The smallest absolute Gasteiger partial charge is 0.310 e. The Labute approximate surface area is 186 Å². The van der Waals surface area contributed by atoms with Crippen LogP contribution in [-0.4, -0.2) is 20.6 Å². The molecule has 0 spiro atoms. The van der Waals surface area contributed by atoms with Gasteiger partial charge in [0, 0.05) is 22.7 Å². The molecule has 0 aliphatic carbocycles. The van der Waals surface area contributed by atoms with E-state index < -0.39 is 11.9 Å². The van der Waals surface area contributed by atoms with Crippen LogP contribution in [0, 0.1) is 5.92 Å². The second kappa shape index (κ2) is 10.6. The SMILES string of the molecule is CCCCc1ncc(C=C(Cc2cccs2)C(C)C(=O)O)n1Cc1ccccc1Cl. The lowest BCUT2D eigenvalue weighted by molar-refractivity contribution is -0.139. The number of aromatic nitrogens is 2. The molecule has 0 aliphatic rings. The van der Waals surface area contributed by atoms with E-state index in [1.807, 2.05) is 54.1 Å². The zero-order valence-corrected chi connectivity index (χ0v) is 18.9. The fourth-order valence-electron chi connectivity index (χ4n) is 3.35. The van der Waals surface area contributed by atoms with Crippen LogP contribution in [0.3, 0.4) is 0 Å². The van der Waals surface area contributed by atoms with E-state index in [0.717, 1.165) is 51.8 Å². The van der Waals surface area contributed by atoms with Crippen LogP contribution in [0.2, 0.25) is 5.02 Å². The van der Waals surface area contributed by atoms with Crippen LogP contribution < -0.4 is 0 Å². The van der Waals surface area contributed by atoms with Gasteiger partial charge in [0.1, 0.15) is 5.82 Å². The summed E-state index contributed by atoms with van der Waals surface area (Å²) in [5, 5.41) is 12.4. The van der Waals surface area contributed by atoms with Crippen LogP contribution in [0.15, 0.2) is 53.5 Å². The summed E-state index contributed by atoms with van der Waals surface area (Å²) >= 11 is 8.06. The lowest BCUT2D eigenvalue weighted by atomic mass is 9.96. The van der Waals surface area contributed by atoms with Crippen LogP contribution in [0.4, 0.5) is 0 Å². The maximum atomic E-state index is 11.7. The third kappa shape index (κ3) is 5.61. The molecule has 0 saturated heterocycles. The highest BCUT2D eigenvalue weighted by atomic mass is 35.5. The fourth-order valence-corrected chi connectivity index (χ4v) is 4.28. The van der Waals surface area contributed by atoms with Crippen molar-refractivity contribution >= 4 is 35.0 Å². The summed E-state index contributed by atoms with van der Waals surface area (Å²) < 4.78 is 2.17. The van der Waals surface area contributed by atoms with Crippen molar-refractivity contribution in [2.45, 2.75) is 46.1 Å². The normalized spacial score (nSPS) is 12.8. The summed E-state index contributed by atoms with van der Waals surface area (Å²) in [5.74, 6) is -0.391. The van der Waals surface area contributed by atoms with Crippen LogP contribution in [0.1, 0.15) is 48.6 Å². The van der Waals surface area contributed by atoms with Crippen molar-refractivity contribution in [3.63, 3.8) is 0 Å². The van der Waals surface area contributed by atoms with Gasteiger partial charge in [0.25, 0.3) is 0 Å². The van der Waals surface area contributed by atoms with Crippen molar-refractivity contribution in [1.82, 2.24) is 9.55 Å². The van der Waals surface area contributed by atoms with E-state index in [2.05, 4.69) is 16.5 Å². The third-order valence-corrected chi connectivity index (χ3v) is 6.47. The van der Waals surface area contributed by atoms with E-state index in [0.29, 0.717) is 13.0 Å². The highest BCUT2D eigenvalue weighted by molar-refractivity contribution is 7.09. The molecule has 3 rings (SSSR count). The van der Waals surface area contributed by atoms with E-state index in [-0.39, 0.29) is 0 Å². The van der Waals surface area contributed by atoms with Crippen molar-refractivity contribution in [1.29, 1.82) is 0 Å². The third-order valence-electron chi connectivity index (χ3n) is 5.23. The second-order valence-corrected chi connectivity index (χ2v) is 8.86. The molecule has 0 radical (unpaired) electrons. The summed E-state index contributed by atoms with van der Waals surface area (Å²) in [6, 6.07) is 11.9. The van der Waals surface area contributed by atoms with Crippen LogP contribution in [-0.2, 0) is 24.2 Å². The molecule has 158 valence electrons. The molecule has 3 aromatic rings. The van der Waals surface area contributed by atoms with Gasteiger partial charge in [-0.15, -0.1) is 11.3 Å². The summed E-state index contributed by atoms with van der Waals surface area (Å²) in [6.45, 7) is 4.52. The Morgan fingerprint density at radius 3 is 2.77 bits per heavy atom. The zero-order valence-electron chi connectivity index (χ0n) is 17.3. The van der Waals surface area contributed by atoms with Gasteiger partial charge in [-0.2, -0.15) is 0 Å². The summed E-state index contributed by atoms with van der Waals surface area (Å²) in [6.07, 6.45) is 7.49. The summed E-state index contributed by atoms with van der Waals surface area (Å²) in [7, 11) is 0. The first-order valence-corrected chi connectivity index (χ1v) is 11.5. The number of hydrogen-bond donors (Lipinski definition) is 1. The molecule has 0 saturated carbocycles. The molecule has 1 unspecified atom stereocenters.